The van der Waals surface area contributed by atoms with Gasteiger partial charge in [0.15, 0.2) is 0 Å². The molecule has 124 valence electrons. The second kappa shape index (κ2) is 9.82. The van der Waals surface area contributed by atoms with Crippen LogP contribution in [-0.4, -0.2) is 55.5 Å². The molecule has 0 atom stereocenters. The summed E-state index contributed by atoms with van der Waals surface area (Å²) in [5.74, 6) is 0.205. The third-order valence-electron chi connectivity index (χ3n) is 4.07. The van der Waals surface area contributed by atoms with Crippen LogP contribution >= 0.6 is 12.4 Å². The second-order valence-electron chi connectivity index (χ2n) is 5.80. The number of benzene rings is 1. The van der Waals surface area contributed by atoms with Crippen LogP contribution in [0.25, 0.3) is 0 Å². The third-order valence-corrected chi connectivity index (χ3v) is 4.07. The molecule has 22 heavy (non-hydrogen) atoms. The Morgan fingerprint density at radius 2 is 1.86 bits per heavy atom. The predicted molar refractivity (Wildman–Crippen MR) is 93.5 cm³/mol. The van der Waals surface area contributed by atoms with Gasteiger partial charge in [-0.25, -0.2) is 0 Å². The van der Waals surface area contributed by atoms with E-state index in [2.05, 4.69) is 41.4 Å². The minimum absolute atomic E-state index is 0. The SMILES string of the molecule is CCc1ccc(CN(C)C(=O)CN2CCCNCC2)cc1.Cl. The number of halogens is 1. The number of hydrogen-bond acceptors (Lipinski definition) is 3. The van der Waals surface area contributed by atoms with Gasteiger partial charge in [0.25, 0.3) is 0 Å². The molecule has 0 saturated carbocycles. The van der Waals surface area contributed by atoms with E-state index in [1.807, 2.05) is 11.9 Å². The van der Waals surface area contributed by atoms with E-state index in [0.29, 0.717) is 13.1 Å². The van der Waals surface area contributed by atoms with E-state index in [4.69, 9.17) is 0 Å². The van der Waals surface area contributed by atoms with Crippen molar-refractivity contribution in [2.75, 3.05) is 39.8 Å². The molecule has 0 radical (unpaired) electrons. The molecule has 0 spiro atoms. The normalized spacial score (nSPS) is 15.7. The van der Waals surface area contributed by atoms with Crippen LogP contribution < -0.4 is 5.32 Å². The van der Waals surface area contributed by atoms with Crippen molar-refractivity contribution in [2.24, 2.45) is 0 Å². The van der Waals surface area contributed by atoms with Crippen LogP contribution in [0, 0.1) is 0 Å². The molecule has 1 aliphatic rings. The van der Waals surface area contributed by atoms with Crippen LogP contribution in [0.3, 0.4) is 0 Å². The third kappa shape index (κ3) is 5.95. The van der Waals surface area contributed by atoms with E-state index < -0.39 is 0 Å². The molecule has 1 aromatic rings. The summed E-state index contributed by atoms with van der Waals surface area (Å²) in [5.41, 5.74) is 2.53. The predicted octanol–water partition coefficient (Wildman–Crippen LogP) is 1.92. The number of hydrogen-bond donors (Lipinski definition) is 1. The molecule has 0 unspecified atom stereocenters. The minimum atomic E-state index is 0. The highest BCUT2D eigenvalue weighted by molar-refractivity contribution is 5.85. The summed E-state index contributed by atoms with van der Waals surface area (Å²) in [6.07, 6.45) is 2.17. The Bertz CT molecular complexity index is 442. The lowest BCUT2D eigenvalue weighted by Crippen LogP contribution is -2.39. The Morgan fingerprint density at radius 1 is 1.18 bits per heavy atom. The van der Waals surface area contributed by atoms with Crippen molar-refractivity contribution >= 4 is 18.3 Å². The van der Waals surface area contributed by atoms with Crippen LogP contribution in [0.2, 0.25) is 0 Å². The number of carbonyl (C=O) groups excluding carboxylic acids is 1. The molecule has 1 heterocycles. The number of carbonyl (C=O) groups is 1. The number of likely N-dealkylation sites (N-methyl/N-ethyl adjacent to an activating group) is 1. The Balaban J connectivity index is 0.00000242. The maximum Gasteiger partial charge on any atom is 0.236 e. The zero-order valence-electron chi connectivity index (χ0n) is 13.7. The first kappa shape index (κ1) is 18.9. The molecular formula is C17H28ClN3O. The van der Waals surface area contributed by atoms with Crippen molar-refractivity contribution in [3.8, 4) is 0 Å². The first-order valence-electron chi connectivity index (χ1n) is 7.94. The first-order chi connectivity index (χ1) is 10.2. The van der Waals surface area contributed by atoms with Gasteiger partial charge >= 0.3 is 0 Å². The highest BCUT2D eigenvalue weighted by Gasteiger charge is 2.15. The van der Waals surface area contributed by atoms with Crippen molar-refractivity contribution in [2.45, 2.75) is 26.3 Å². The molecule has 1 amide bonds. The van der Waals surface area contributed by atoms with Gasteiger partial charge in [0, 0.05) is 26.7 Å². The van der Waals surface area contributed by atoms with Crippen LogP contribution in [0.1, 0.15) is 24.5 Å². The number of nitrogens with zero attached hydrogens (tertiary/aromatic N) is 2. The molecular weight excluding hydrogens is 298 g/mol. The highest BCUT2D eigenvalue weighted by atomic mass is 35.5. The van der Waals surface area contributed by atoms with Crippen molar-refractivity contribution in [3.63, 3.8) is 0 Å². The Hall–Kier alpha value is -1.10. The summed E-state index contributed by atoms with van der Waals surface area (Å²) in [6, 6.07) is 8.54. The molecule has 1 fully saturated rings. The van der Waals surface area contributed by atoms with Crippen LogP contribution in [-0.2, 0) is 17.8 Å². The Kier molecular flexibility index (Phi) is 8.46. The number of rotatable bonds is 5. The van der Waals surface area contributed by atoms with E-state index in [1.54, 1.807) is 0 Å². The fraction of sp³-hybridized carbons (Fsp3) is 0.588. The smallest absolute Gasteiger partial charge is 0.236 e. The topological polar surface area (TPSA) is 35.6 Å². The van der Waals surface area contributed by atoms with Crippen LogP contribution in [0.5, 0.6) is 0 Å². The van der Waals surface area contributed by atoms with Gasteiger partial charge in [0.05, 0.1) is 6.54 Å². The fourth-order valence-electron chi connectivity index (χ4n) is 2.61. The van der Waals surface area contributed by atoms with Gasteiger partial charge in [0.1, 0.15) is 0 Å². The summed E-state index contributed by atoms with van der Waals surface area (Å²) in [5, 5.41) is 3.36. The van der Waals surface area contributed by atoms with E-state index in [-0.39, 0.29) is 18.3 Å². The lowest BCUT2D eigenvalue weighted by molar-refractivity contribution is -0.131. The molecule has 0 aliphatic carbocycles. The average molecular weight is 326 g/mol. The van der Waals surface area contributed by atoms with Gasteiger partial charge in [0.2, 0.25) is 5.91 Å². The lowest BCUT2D eigenvalue weighted by atomic mass is 10.1. The maximum absolute atomic E-state index is 12.3. The highest BCUT2D eigenvalue weighted by Crippen LogP contribution is 2.08. The molecule has 5 heteroatoms. The van der Waals surface area contributed by atoms with Gasteiger partial charge in [-0.05, 0) is 37.1 Å². The summed E-state index contributed by atoms with van der Waals surface area (Å²) >= 11 is 0. The van der Waals surface area contributed by atoms with Crippen LogP contribution in [0.4, 0.5) is 0 Å². The molecule has 1 aliphatic heterocycles. The zero-order chi connectivity index (χ0) is 15.1. The van der Waals surface area contributed by atoms with E-state index in [9.17, 15) is 4.79 Å². The molecule has 0 bridgehead atoms. The standard InChI is InChI=1S/C17H27N3O.ClH/c1-3-15-5-7-16(8-6-15)13-19(2)17(21)14-20-11-4-9-18-10-12-20;/h5-8,18H,3-4,9-14H2,1-2H3;1H. The first-order valence-corrected chi connectivity index (χ1v) is 7.94. The summed E-state index contributed by atoms with van der Waals surface area (Å²) < 4.78 is 0. The van der Waals surface area contributed by atoms with E-state index >= 15 is 0 Å². The molecule has 2 rings (SSSR count). The van der Waals surface area contributed by atoms with E-state index in [0.717, 1.165) is 39.0 Å². The van der Waals surface area contributed by atoms with Gasteiger partial charge in [-0.15, -0.1) is 12.4 Å². The number of nitrogens with one attached hydrogen (secondary N) is 1. The molecule has 4 nitrogen and oxygen atoms in total. The Labute approximate surface area is 140 Å². The van der Waals surface area contributed by atoms with Crippen molar-refractivity contribution in [1.82, 2.24) is 15.1 Å². The van der Waals surface area contributed by atoms with Crippen molar-refractivity contribution in [3.05, 3.63) is 35.4 Å². The monoisotopic (exact) mass is 325 g/mol. The van der Waals surface area contributed by atoms with Gasteiger partial charge < -0.3 is 10.2 Å². The molecule has 1 N–H and O–H groups in total. The molecule has 0 aromatic heterocycles. The summed E-state index contributed by atoms with van der Waals surface area (Å²) in [4.78, 5) is 16.4. The molecule has 1 aromatic carbocycles. The Morgan fingerprint density at radius 3 is 2.55 bits per heavy atom. The lowest BCUT2D eigenvalue weighted by Gasteiger charge is -2.23. The maximum atomic E-state index is 12.3. The van der Waals surface area contributed by atoms with Gasteiger partial charge in [-0.1, -0.05) is 31.2 Å². The van der Waals surface area contributed by atoms with E-state index in [1.165, 1.54) is 11.1 Å². The number of amides is 1. The quantitative estimate of drug-likeness (QED) is 0.898. The minimum Gasteiger partial charge on any atom is -0.340 e. The summed E-state index contributed by atoms with van der Waals surface area (Å²) in [6.45, 7) is 7.39. The summed E-state index contributed by atoms with van der Waals surface area (Å²) in [7, 11) is 1.89. The second-order valence-corrected chi connectivity index (χ2v) is 5.80. The van der Waals surface area contributed by atoms with Gasteiger partial charge in [-0.3, -0.25) is 9.69 Å². The van der Waals surface area contributed by atoms with Crippen LogP contribution in [0.15, 0.2) is 24.3 Å². The molecule has 1 saturated heterocycles. The fourth-order valence-corrected chi connectivity index (χ4v) is 2.61. The largest absolute Gasteiger partial charge is 0.340 e. The number of aryl methyl sites for hydroxylation is 1. The van der Waals surface area contributed by atoms with Crippen molar-refractivity contribution < 1.29 is 4.79 Å². The zero-order valence-corrected chi connectivity index (χ0v) is 14.5. The van der Waals surface area contributed by atoms with Crippen molar-refractivity contribution in [1.29, 1.82) is 0 Å². The van der Waals surface area contributed by atoms with Gasteiger partial charge in [-0.2, -0.15) is 0 Å². The average Bonchev–Trinajstić information content (AvgIpc) is 2.76.